The predicted molar refractivity (Wildman–Crippen MR) is 46.3 cm³/mol. The topological polar surface area (TPSA) is 22.1 Å². The van der Waals surface area contributed by atoms with Gasteiger partial charge in [0, 0.05) is 0 Å². The van der Waals surface area contributed by atoms with Gasteiger partial charge in [-0.15, -0.1) is 13.2 Å². The van der Waals surface area contributed by atoms with Crippen LogP contribution in [-0.4, -0.2) is 11.3 Å². The zero-order valence-corrected chi connectivity index (χ0v) is 9.07. The van der Waals surface area contributed by atoms with Gasteiger partial charge in [0.15, 0.2) is 0 Å². The van der Waals surface area contributed by atoms with E-state index < -0.39 is 12.2 Å². The number of nitrogens with zero attached hydrogens (tertiary/aromatic N) is 1. The van der Waals surface area contributed by atoms with Gasteiger partial charge in [-0.3, -0.25) is 0 Å². The van der Waals surface area contributed by atoms with E-state index in [9.17, 15) is 13.2 Å². The van der Waals surface area contributed by atoms with E-state index in [0.717, 1.165) is 0 Å². The van der Waals surface area contributed by atoms with Crippen LogP contribution in [0.25, 0.3) is 0 Å². The Morgan fingerprint density at radius 2 is 1.85 bits per heavy atom. The van der Waals surface area contributed by atoms with Gasteiger partial charge in [0.25, 0.3) is 0 Å². The van der Waals surface area contributed by atoms with Crippen LogP contribution in [0, 0.1) is 0 Å². The third kappa shape index (κ3) is 3.51. The lowest BCUT2D eigenvalue weighted by Gasteiger charge is -2.08. The van der Waals surface area contributed by atoms with Crippen molar-refractivity contribution in [2.24, 2.45) is 0 Å². The molecule has 0 atom stereocenters. The SMILES string of the molecule is FC(F)(F)Oc1nc(Br)ccc1Br. The van der Waals surface area contributed by atoms with Crippen molar-refractivity contribution in [2.45, 2.75) is 6.36 Å². The number of pyridine rings is 1. The van der Waals surface area contributed by atoms with Crippen LogP contribution in [0.1, 0.15) is 0 Å². The van der Waals surface area contributed by atoms with E-state index in [1.165, 1.54) is 12.1 Å². The molecule has 2 nitrogen and oxygen atoms in total. The first-order valence-electron chi connectivity index (χ1n) is 2.96. The van der Waals surface area contributed by atoms with Gasteiger partial charge in [-0.1, -0.05) is 0 Å². The maximum absolute atomic E-state index is 11.8. The molecule has 0 aliphatic rings. The number of ether oxygens (including phenoxy) is 1. The van der Waals surface area contributed by atoms with Gasteiger partial charge in [-0.05, 0) is 44.0 Å². The summed E-state index contributed by atoms with van der Waals surface area (Å²) in [5, 5.41) is 0. The molecule has 0 aliphatic heterocycles. The minimum atomic E-state index is -4.73. The minimum absolute atomic E-state index is 0.146. The molecule has 0 radical (unpaired) electrons. The van der Waals surface area contributed by atoms with Gasteiger partial charge in [0.1, 0.15) is 4.60 Å². The predicted octanol–water partition coefficient (Wildman–Crippen LogP) is 3.51. The molecule has 0 saturated carbocycles. The average Bonchev–Trinajstić information content (AvgIpc) is 1.94. The van der Waals surface area contributed by atoms with Gasteiger partial charge in [0.2, 0.25) is 5.88 Å². The van der Waals surface area contributed by atoms with Gasteiger partial charge < -0.3 is 4.74 Å². The molecule has 0 N–H and O–H groups in total. The lowest BCUT2D eigenvalue weighted by molar-refractivity contribution is -0.276. The van der Waals surface area contributed by atoms with Gasteiger partial charge in [-0.25, -0.2) is 4.98 Å². The molecule has 7 heteroatoms. The van der Waals surface area contributed by atoms with Crippen molar-refractivity contribution in [3.63, 3.8) is 0 Å². The largest absolute Gasteiger partial charge is 0.574 e. The minimum Gasteiger partial charge on any atom is -0.387 e. The first-order chi connectivity index (χ1) is 5.88. The molecule has 13 heavy (non-hydrogen) atoms. The molecule has 0 aliphatic carbocycles. The number of aromatic nitrogens is 1. The molecule has 0 amide bonds. The number of halogens is 5. The fraction of sp³-hybridized carbons (Fsp3) is 0.167. The Labute approximate surface area is 88.4 Å². The Kier molecular flexibility index (Phi) is 3.18. The fourth-order valence-electron chi connectivity index (χ4n) is 0.582. The summed E-state index contributed by atoms with van der Waals surface area (Å²) in [6.45, 7) is 0. The van der Waals surface area contributed by atoms with Crippen molar-refractivity contribution in [1.82, 2.24) is 4.98 Å². The Morgan fingerprint density at radius 1 is 1.23 bits per heavy atom. The number of rotatable bonds is 1. The van der Waals surface area contributed by atoms with Crippen LogP contribution >= 0.6 is 31.9 Å². The summed E-state index contributed by atoms with van der Waals surface area (Å²) in [5.74, 6) is -0.512. The van der Waals surface area contributed by atoms with E-state index in [0.29, 0.717) is 0 Å². The highest BCUT2D eigenvalue weighted by molar-refractivity contribution is 9.11. The second kappa shape index (κ2) is 3.83. The molecular formula is C6H2Br2F3NO. The second-order valence-corrected chi connectivity index (χ2v) is 3.64. The molecule has 1 aromatic rings. The standard InChI is InChI=1S/C6H2Br2F3NO/c7-3-1-2-4(8)12-5(3)13-6(9,10)11/h1-2H. The number of hydrogen-bond acceptors (Lipinski definition) is 2. The highest BCUT2D eigenvalue weighted by Crippen LogP contribution is 2.29. The quantitative estimate of drug-likeness (QED) is 0.739. The molecule has 0 unspecified atom stereocenters. The first-order valence-corrected chi connectivity index (χ1v) is 4.55. The van der Waals surface area contributed by atoms with E-state index in [-0.39, 0.29) is 9.08 Å². The monoisotopic (exact) mass is 319 g/mol. The molecule has 1 heterocycles. The zero-order chi connectivity index (χ0) is 10.1. The summed E-state index contributed by atoms with van der Waals surface area (Å²) in [5.41, 5.74) is 0. The van der Waals surface area contributed by atoms with E-state index >= 15 is 0 Å². The summed E-state index contributed by atoms with van der Waals surface area (Å²) in [6.07, 6.45) is -4.73. The van der Waals surface area contributed by atoms with Crippen LogP contribution < -0.4 is 4.74 Å². The molecular weight excluding hydrogens is 319 g/mol. The first kappa shape index (κ1) is 10.8. The maximum atomic E-state index is 11.8. The summed E-state index contributed by atoms with van der Waals surface area (Å²) >= 11 is 5.80. The van der Waals surface area contributed by atoms with E-state index in [1.807, 2.05) is 0 Å². The lowest BCUT2D eigenvalue weighted by atomic mass is 10.5. The van der Waals surface area contributed by atoms with E-state index in [2.05, 4.69) is 41.6 Å². The van der Waals surface area contributed by atoms with Crippen LogP contribution in [0.4, 0.5) is 13.2 Å². The van der Waals surface area contributed by atoms with Crippen LogP contribution in [0.5, 0.6) is 5.88 Å². The molecule has 0 spiro atoms. The molecule has 1 rings (SSSR count). The smallest absolute Gasteiger partial charge is 0.387 e. The van der Waals surface area contributed by atoms with Crippen LogP contribution in [0.15, 0.2) is 21.2 Å². The second-order valence-electron chi connectivity index (χ2n) is 1.97. The van der Waals surface area contributed by atoms with Crippen molar-refractivity contribution >= 4 is 31.9 Å². The number of hydrogen-bond donors (Lipinski definition) is 0. The Balaban J connectivity index is 2.94. The maximum Gasteiger partial charge on any atom is 0.574 e. The summed E-state index contributed by atoms with van der Waals surface area (Å²) < 4.78 is 39.3. The lowest BCUT2D eigenvalue weighted by Crippen LogP contribution is -2.18. The number of alkyl halides is 3. The molecule has 0 bridgehead atoms. The van der Waals surface area contributed by atoms with Crippen molar-refractivity contribution in [2.75, 3.05) is 0 Å². The third-order valence-corrected chi connectivity index (χ3v) is 2.04. The Hall–Kier alpha value is -0.300. The van der Waals surface area contributed by atoms with E-state index in [4.69, 9.17) is 0 Å². The highest BCUT2D eigenvalue weighted by Gasteiger charge is 2.32. The van der Waals surface area contributed by atoms with Gasteiger partial charge >= 0.3 is 6.36 Å². The van der Waals surface area contributed by atoms with Crippen molar-refractivity contribution in [1.29, 1.82) is 0 Å². The summed E-state index contributed by atoms with van der Waals surface area (Å²) in [4.78, 5) is 3.49. The van der Waals surface area contributed by atoms with E-state index in [1.54, 1.807) is 0 Å². The molecule has 0 fully saturated rings. The van der Waals surface area contributed by atoms with Crippen LogP contribution in [-0.2, 0) is 0 Å². The van der Waals surface area contributed by atoms with Gasteiger partial charge in [-0.2, -0.15) is 0 Å². The molecule has 0 aromatic carbocycles. The van der Waals surface area contributed by atoms with Crippen LogP contribution in [0.3, 0.4) is 0 Å². The summed E-state index contributed by atoms with van der Waals surface area (Å²) in [6, 6.07) is 2.89. The zero-order valence-electron chi connectivity index (χ0n) is 5.90. The normalized spacial score (nSPS) is 11.5. The third-order valence-electron chi connectivity index (χ3n) is 0.992. The highest BCUT2D eigenvalue weighted by atomic mass is 79.9. The van der Waals surface area contributed by atoms with Crippen molar-refractivity contribution < 1.29 is 17.9 Å². The average molecular weight is 321 g/mol. The fourth-order valence-corrected chi connectivity index (χ4v) is 1.18. The Morgan fingerprint density at radius 3 is 2.38 bits per heavy atom. The van der Waals surface area contributed by atoms with Crippen molar-refractivity contribution in [3.8, 4) is 5.88 Å². The Bertz CT molecular complexity index is 315. The van der Waals surface area contributed by atoms with Crippen molar-refractivity contribution in [3.05, 3.63) is 21.2 Å². The van der Waals surface area contributed by atoms with Crippen LogP contribution in [0.2, 0.25) is 0 Å². The molecule has 72 valence electrons. The summed E-state index contributed by atoms with van der Waals surface area (Å²) in [7, 11) is 0. The molecule has 1 aromatic heterocycles. The van der Waals surface area contributed by atoms with Gasteiger partial charge in [0.05, 0.1) is 4.47 Å². The molecule has 0 saturated heterocycles.